The van der Waals surface area contributed by atoms with Crippen LogP contribution < -0.4 is 84.5 Å². The summed E-state index contributed by atoms with van der Waals surface area (Å²) in [5, 5.41) is 11.8. The van der Waals surface area contributed by atoms with Gasteiger partial charge in [-0.25, -0.2) is 4.79 Å². The normalized spacial score (nSPS) is 16.9. The number of piperazine rings is 1. The Labute approximate surface area is 334 Å². The number of hydrogen-bond acceptors (Lipinski definition) is 8. The second-order valence-electron chi connectivity index (χ2n) is 10.9. The van der Waals surface area contributed by atoms with Gasteiger partial charge in [0, 0.05) is 30.8 Å². The van der Waals surface area contributed by atoms with Crippen molar-refractivity contribution in [3.63, 3.8) is 0 Å². The maximum atomic E-state index is 14.3. The molecule has 3 atom stereocenters. The van der Waals surface area contributed by atoms with Crippen molar-refractivity contribution < 1.29 is 93.8 Å². The zero-order valence-electron chi connectivity index (χ0n) is 28.4. The molecule has 1 aliphatic heterocycles. The van der Waals surface area contributed by atoms with Crippen LogP contribution in [0.4, 0.5) is 4.79 Å². The molecule has 2 heterocycles. The maximum absolute atomic E-state index is 14.3. The van der Waals surface area contributed by atoms with Crippen molar-refractivity contribution in [2.75, 3.05) is 19.6 Å². The number of thiophene rings is 1. The zero-order chi connectivity index (χ0) is 33.4. The monoisotopic (exact) mass is 723 g/mol. The molecule has 3 aromatic carbocycles. The minimum absolute atomic E-state index is 0. The van der Waals surface area contributed by atoms with Crippen LogP contribution in [0.1, 0.15) is 18.1 Å². The van der Waals surface area contributed by atoms with Gasteiger partial charge in [0.1, 0.15) is 18.0 Å². The molecule has 0 spiro atoms. The first-order valence-electron chi connectivity index (χ1n) is 14.9. The summed E-state index contributed by atoms with van der Waals surface area (Å²) in [6.07, 6.45) is 0.799. The van der Waals surface area contributed by atoms with Gasteiger partial charge in [0.25, 0.3) is 0 Å². The Morgan fingerprint density at radius 1 is 1.06 bits per heavy atom. The van der Waals surface area contributed by atoms with Crippen molar-refractivity contribution in [3.8, 4) is 5.75 Å². The van der Waals surface area contributed by atoms with E-state index in [1.165, 1.54) is 17.0 Å². The summed E-state index contributed by atoms with van der Waals surface area (Å²) in [7, 11) is -5.01. The van der Waals surface area contributed by atoms with E-state index in [0.29, 0.717) is 12.1 Å². The summed E-state index contributed by atoms with van der Waals surface area (Å²) in [5.74, 6) is -0.807. The Bertz CT molecular complexity index is 1780. The molecule has 0 saturated carbocycles. The van der Waals surface area contributed by atoms with Gasteiger partial charge in [0.05, 0.1) is 13.1 Å². The van der Waals surface area contributed by atoms with Crippen LogP contribution in [-0.4, -0.2) is 64.4 Å². The number of phosphoric acid groups is 1. The SMILES string of the molecule is C=CCNCC(=O)N1[C@@H](NC(=O)NCc2ccccc2)CN(Cc2csc3ccccc23)C(=O)[C@@H]1Cc1ccc(OP(=O)([O-])O)cc1.[H-].[Na+].[Na+]. The second-order valence-corrected chi connectivity index (χ2v) is 13.0. The molecular weight excluding hydrogens is 687 g/mol. The molecule has 4 aromatic rings. The van der Waals surface area contributed by atoms with Crippen LogP contribution in [-0.2, 0) is 33.7 Å². The van der Waals surface area contributed by atoms with Crippen molar-refractivity contribution in [2.24, 2.45) is 0 Å². The summed E-state index contributed by atoms with van der Waals surface area (Å²) in [6, 6.07) is 21.6. The number of amides is 4. The molecule has 0 radical (unpaired) electrons. The number of rotatable bonds is 13. The number of urea groups is 1. The van der Waals surface area contributed by atoms with Crippen LogP contribution in [0.15, 0.2) is 96.9 Å². The summed E-state index contributed by atoms with van der Waals surface area (Å²) < 4.78 is 16.8. The standard InChI is InChI=1S/C33H36N5O7PS.2Na.H/c1-2-16-34-19-31(39)38-28(17-23-12-14-26(15-13-23)45-46(42,43)44)32(40)37(20-25-22-47-29-11-7-6-10-27(25)29)21-30(38)36-33(41)35-18-24-8-4-3-5-9-24;;;/h2-15,22,28,30,34H,1,16-21H2,(H2,35,36,41)(H2,42,43,44);;;/q;2*+1;-1/p-1/t28-,30+;;;/m0.../s1. The summed E-state index contributed by atoms with van der Waals surface area (Å²) in [4.78, 5) is 64.6. The number of nitrogens with one attached hydrogen (secondary N) is 3. The third-order valence-corrected chi connectivity index (χ3v) is 9.06. The van der Waals surface area contributed by atoms with Crippen molar-refractivity contribution in [2.45, 2.75) is 31.7 Å². The van der Waals surface area contributed by atoms with Gasteiger partial charge >= 0.3 is 73.0 Å². The zero-order valence-corrected chi connectivity index (χ0v) is 33.1. The van der Waals surface area contributed by atoms with E-state index in [9.17, 15) is 23.8 Å². The Kier molecular flexibility index (Phi) is 16.0. The smallest absolute Gasteiger partial charge is 1.00 e. The van der Waals surface area contributed by atoms with E-state index in [1.807, 2.05) is 60.0 Å². The van der Waals surface area contributed by atoms with Crippen molar-refractivity contribution in [3.05, 3.63) is 114 Å². The Hall–Kier alpha value is -2.52. The fourth-order valence-corrected chi connectivity index (χ4v) is 6.82. The molecule has 4 amide bonds. The topological polar surface area (TPSA) is 163 Å². The van der Waals surface area contributed by atoms with E-state index in [4.69, 9.17) is 4.89 Å². The van der Waals surface area contributed by atoms with Crippen LogP contribution >= 0.6 is 19.2 Å². The maximum Gasteiger partial charge on any atom is 1.00 e. The first-order valence-corrected chi connectivity index (χ1v) is 17.3. The van der Waals surface area contributed by atoms with Gasteiger partial charge in [-0.15, -0.1) is 17.9 Å². The predicted octanol–water partition coefficient (Wildman–Crippen LogP) is -2.76. The predicted molar refractivity (Wildman–Crippen MR) is 178 cm³/mol. The quantitative estimate of drug-likeness (QED) is 0.0500. The van der Waals surface area contributed by atoms with Gasteiger partial charge < -0.3 is 41.5 Å². The van der Waals surface area contributed by atoms with Crippen LogP contribution in [0.25, 0.3) is 10.1 Å². The second kappa shape index (κ2) is 19.2. The van der Waals surface area contributed by atoms with Gasteiger partial charge in [-0.2, -0.15) is 0 Å². The van der Waals surface area contributed by atoms with Crippen LogP contribution in [0.2, 0.25) is 0 Å². The molecule has 5 rings (SSSR count). The number of nitrogens with zero attached hydrogens (tertiary/aromatic N) is 2. The summed E-state index contributed by atoms with van der Waals surface area (Å²) in [6.45, 7) is 4.51. The third kappa shape index (κ3) is 11.5. The average molecular weight is 724 g/mol. The van der Waals surface area contributed by atoms with Crippen LogP contribution in [0.3, 0.4) is 0 Å². The minimum atomic E-state index is -5.01. The van der Waals surface area contributed by atoms with E-state index >= 15 is 0 Å². The number of phosphoric ester groups is 1. The van der Waals surface area contributed by atoms with Gasteiger partial charge in [-0.05, 0) is 45.7 Å². The van der Waals surface area contributed by atoms with Gasteiger partial charge in [-0.1, -0.05) is 66.7 Å². The van der Waals surface area contributed by atoms with Crippen molar-refractivity contribution in [1.82, 2.24) is 25.8 Å². The summed E-state index contributed by atoms with van der Waals surface area (Å²) >= 11 is 1.57. The molecule has 0 aliphatic carbocycles. The van der Waals surface area contributed by atoms with Crippen molar-refractivity contribution in [1.29, 1.82) is 0 Å². The van der Waals surface area contributed by atoms with E-state index in [0.717, 1.165) is 21.2 Å². The Morgan fingerprint density at radius 3 is 2.45 bits per heavy atom. The first kappa shape index (κ1) is 40.9. The number of fused-ring (bicyclic) bond motifs is 1. The number of carbonyl (C=O) groups is 3. The van der Waals surface area contributed by atoms with E-state index in [-0.39, 0.29) is 105 Å². The minimum Gasteiger partial charge on any atom is -1.00 e. The molecule has 4 N–H and O–H groups in total. The fourth-order valence-electron chi connectivity index (χ4n) is 5.48. The van der Waals surface area contributed by atoms with Crippen LogP contribution in [0, 0.1) is 0 Å². The molecule has 1 aliphatic rings. The molecule has 1 aromatic heterocycles. The molecule has 1 fully saturated rings. The van der Waals surface area contributed by atoms with Gasteiger partial charge in [-0.3, -0.25) is 14.2 Å². The van der Waals surface area contributed by atoms with Gasteiger partial charge in [0.15, 0.2) is 0 Å². The van der Waals surface area contributed by atoms with Gasteiger partial charge in [0.2, 0.25) is 11.8 Å². The van der Waals surface area contributed by atoms with E-state index in [1.54, 1.807) is 34.4 Å². The number of carbonyl (C=O) groups excluding carboxylic acids is 3. The molecule has 0 bridgehead atoms. The third-order valence-electron chi connectivity index (χ3n) is 7.60. The van der Waals surface area contributed by atoms with Crippen molar-refractivity contribution >= 4 is 47.1 Å². The number of hydrogen-bond donors (Lipinski definition) is 4. The summed E-state index contributed by atoms with van der Waals surface area (Å²) in [5.41, 5.74) is 2.44. The Morgan fingerprint density at radius 2 is 1.76 bits per heavy atom. The first-order chi connectivity index (χ1) is 22.6. The van der Waals surface area contributed by atoms with E-state index in [2.05, 4.69) is 27.1 Å². The molecule has 248 valence electrons. The Balaban J connectivity index is 0.00000289. The molecular formula is C33H36N5Na2O7PS. The molecule has 49 heavy (non-hydrogen) atoms. The molecule has 16 heteroatoms. The molecule has 1 saturated heterocycles. The number of benzene rings is 3. The van der Waals surface area contributed by atoms with E-state index < -0.39 is 32.0 Å². The largest absolute Gasteiger partial charge is 1.00 e. The molecule has 12 nitrogen and oxygen atoms in total. The average Bonchev–Trinajstić information content (AvgIpc) is 3.45. The van der Waals surface area contributed by atoms with Crippen LogP contribution in [0.5, 0.6) is 5.75 Å². The fraction of sp³-hybridized carbons (Fsp3) is 0.242. The molecule has 1 unspecified atom stereocenters.